The van der Waals surface area contributed by atoms with Crippen molar-refractivity contribution in [1.29, 1.82) is 0 Å². The minimum atomic E-state index is -4.11. The van der Waals surface area contributed by atoms with Gasteiger partial charge in [0.05, 0.1) is 14.2 Å². The molecule has 0 bridgehead atoms. The molecule has 1 unspecified atom stereocenters. The van der Waals surface area contributed by atoms with E-state index in [0.717, 1.165) is 5.56 Å². The highest BCUT2D eigenvalue weighted by Gasteiger charge is 2.27. The summed E-state index contributed by atoms with van der Waals surface area (Å²) in [5, 5.41) is 3.21. The minimum absolute atomic E-state index is 0.0797. The Morgan fingerprint density at radius 3 is 2.43 bits per heavy atom. The van der Waals surface area contributed by atoms with Gasteiger partial charge in [0.25, 0.3) is 0 Å². The van der Waals surface area contributed by atoms with Crippen LogP contribution >= 0.6 is 0 Å². The molecule has 1 aromatic carbocycles. The van der Waals surface area contributed by atoms with Gasteiger partial charge >= 0.3 is 6.18 Å². The molecule has 0 saturated carbocycles. The molecule has 1 N–H and O–H groups in total. The van der Waals surface area contributed by atoms with Crippen LogP contribution in [0, 0.1) is 0 Å². The highest BCUT2D eigenvalue weighted by Crippen LogP contribution is 2.33. The summed E-state index contributed by atoms with van der Waals surface area (Å²) in [7, 11) is 3.09. The Morgan fingerprint density at radius 2 is 1.90 bits per heavy atom. The second-order valence-corrected chi connectivity index (χ2v) is 4.73. The van der Waals surface area contributed by atoms with Gasteiger partial charge in [-0.25, -0.2) is 0 Å². The third-order valence-corrected chi connectivity index (χ3v) is 3.22. The van der Waals surface area contributed by atoms with Crippen LogP contribution in [0.1, 0.15) is 37.8 Å². The molecule has 0 aromatic heterocycles. The molecule has 6 heteroatoms. The fourth-order valence-corrected chi connectivity index (χ4v) is 2.23. The van der Waals surface area contributed by atoms with Gasteiger partial charge in [-0.2, -0.15) is 13.2 Å². The molecule has 21 heavy (non-hydrogen) atoms. The molecule has 0 aliphatic heterocycles. The highest BCUT2D eigenvalue weighted by molar-refractivity contribution is 5.42. The van der Waals surface area contributed by atoms with Gasteiger partial charge in [-0.1, -0.05) is 13.0 Å². The molecular weight excluding hydrogens is 283 g/mol. The van der Waals surface area contributed by atoms with E-state index in [-0.39, 0.29) is 12.5 Å². The molecule has 1 aromatic rings. The molecule has 120 valence electrons. The molecule has 1 atom stereocenters. The molecule has 0 fully saturated rings. The predicted molar refractivity (Wildman–Crippen MR) is 75.9 cm³/mol. The molecule has 0 aliphatic rings. The van der Waals surface area contributed by atoms with E-state index in [1.165, 1.54) is 7.11 Å². The summed E-state index contributed by atoms with van der Waals surface area (Å²) in [5.74, 6) is 1.27. The lowest BCUT2D eigenvalue weighted by atomic mass is 9.99. The Hall–Kier alpha value is -1.43. The van der Waals surface area contributed by atoms with Gasteiger partial charge in [0.1, 0.15) is 11.5 Å². The fourth-order valence-electron chi connectivity index (χ4n) is 2.23. The van der Waals surface area contributed by atoms with E-state index < -0.39 is 12.6 Å². The number of benzene rings is 1. The smallest absolute Gasteiger partial charge is 0.389 e. The van der Waals surface area contributed by atoms with E-state index in [1.807, 2.05) is 13.0 Å². The number of rotatable bonds is 8. The summed E-state index contributed by atoms with van der Waals surface area (Å²) < 4.78 is 47.3. The number of nitrogens with one attached hydrogen (secondary N) is 1. The largest absolute Gasteiger partial charge is 0.497 e. The predicted octanol–water partition coefficient (Wildman–Crippen LogP) is 4.09. The fraction of sp³-hybridized carbons (Fsp3) is 0.600. The maximum absolute atomic E-state index is 12.3. The SMILES string of the molecule is CCNC(CCCC(F)(F)F)c1ccc(OC)cc1OC. The molecule has 0 heterocycles. The van der Waals surface area contributed by atoms with E-state index in [1.54, 1.807) is 19.2 Å². The number of hydrogen-bond donors (Lipinski definition) is 1. The lowest BCUT2D eigenvalue weighted by molar-refractivity contribution is -0.135. The van der Waals surface area contributed by atoms with Gasteiger partial charge < -0.3 is 14.8 Å². The van der Waals surface area contributed by atoms with Crippen molar-refractivity contribution in [3.05, 3.63) is 23.8 Å². The highest BCUT2D eigenvalue weighted by atomic mass is 19.4. The first-order valence-corrected chi connectivity index (χ1v) is 6.93. The molecule has 0 radical (unpaired) electrons. The first-order chi connectivity index (χ1) is 9.91. The van der Waals surface area contributed by atoms with Gasteiger partial charge in [0.2, 0.25) is 0 Å². The maximum Gasteiger partial charge on any atom is 0.389 e. The minimum Gasteiger partial charge on any atom is -0.497 e. The number of hydrogen-bond acceptors (Lipinski definition) is 3. The summed E-state index contributed by atoms with van der Waals surface area (Å²) in [6.07, 6.45) is -4.40. The average Bonchev–Trinajstić information content (AvgIpc) is 2.44. The first kappa shape index (κ1) is 17.6. The lowest BCUT2D eigenvalue weighted by Gasteiger charge is -2.21. The van der Waals surface area contributed by atoms with Crippen LogP contribution < -0.4 is 14.8 Å². The Kier molecular flexibility index (Phi) is 6.81. The van der Waals surface area contributed by atoms with E-state index in [0.29, 0.717) is 24.5 Å². The maximum atomic E-state index is 12.3. The van der Waals surface area contributed by atoms with Crippen molar-refractivity contribution >= 4 is 0 Å². The number of alkyl halides is 3. The zero-order valence-corrected chi connectivity index (χ0v) is 12.6. The van der Waals surface area contributed by atoms with Gasteiger partial charge in [0, 0.05) is 24.1 Å². The Labute approximate surface area is 123 Å². The molecule has 0 aliphatic carbocycles. The lowest BCUT2D eigenvalue weighted by Crippen LogP contribution is -2.22. The second kappa shape index (κ2) is 8.12. The molecular formula is C15H22F3NO2. The van der Waals surface area contributed by atoms with E-state index in [9.17, 15) is 13.2 Å². The second-order valence-electron chi connectivity index (χ2n) is 4.73. The summed E-state index contributed by atoms with van der Waals surface area (Å²) in [6.45, 7) is 2.60. The van der Waals surface area contributed by atoms with Crippen molar-refractivity contribution in [3.8, 4) is 11.5 Å². The standard InChI is InChI=1S/C15H22F3NO2/c1-4-19-13(6-5-9-15(16,17)18)12-8-7-11(20-2)10-14(12)21-3/h7-8,10,13,19H,4-6,9H2,1-3H3. The summed E-state index contributed by atoms with van der Waals surface area (Å²) in [5.41, 5.74) is 0.849. The van der Waals surface area contributed by atoms with Crippen molar-refractivity contribution < 1.29 is 22.6 Å². The summed E-state index contributed by atoms with van der Waals surface area (Å²) in [6, 6.07) is 5.19. The summed E-state index contributed by atoms with van der Waals surface area (Å²) in [4.78, 5) is 0. The van der Waals surface area contributed by atoms with Crippen molar-refractivity contribution in [2.45, 2.75) is 38.4 Å². The zero-order valence-electron chi connectivity index (χ0n) is 12.6. The first-order valence-electron chi connectivity index (χ1n) is 6.93. The van der Waals surface area contributed by atoms with E-state index in [2.05, 4.69) is 5.32 Å². The third-order valence-electron chi connectivity index (χ3n) is 3.22. The number of ether oxygens (including phenoxy) is 2. The van der Waals surface area contributed by atoms with Gasteiger partial charge in [-0.05, 0) is 25.5 Å². The Bertz CT molecular complexity index is 435. The van der Waals surface area contributed by atoms with Gasteiger partial charge in [-0.3, -0.25) is 0 Å². The quantitative estimate of drug-likeness (QED) is 0.785. The van der Waals surface area contributed by atoms with Gasteiger partial charge in [0.15, 0.2) is 0 Å². The number of methoxy groups -OCH3 is 2. The molecule has 1 rings (SSSR count). The monoisotopic (exact) mass is 305 g/mol. The molecule has 0 spiro atoms. The molecule has 0 amide bonds. The van der Waals surface area contributed by atoms with Crippen molar-refractivity contribution in [3.63, 3.8) is 0 Å². The van der Waals surface area contributed by atoms with E-state index >= 15 is 0 Å². The van der Waals surface area contributed by atoms with Gasteiger partial charge in [-0.15, -0.1) is 0 Å². The van der Waals surface area contributed by atoms with Crippen molar-refractivity contribution in [2.75, 3.05) is 20.8 Å². The van der Waals surface area contributed by atoms with Crippen LogP contribution in [-0.4, -0.2) is 26.9 Å². The summed E-state index contributed by atoms with van der Waals surface area (Å²) >= 11 is 0. The van der Waals surface area contributed by atoms with Crippen LogP contribution in [0.25, 0.3) is 0 Å². The Morgan fingerprint density at radius 1 is 1.19 bits per heavy atom. The number of halogens is 3. The van der Waals surface area contributed by atoms with Crippen LogP contribution in [0.15, 0.2) is 18.2 Å². The van der Waals surface area contributed by atoms with Crippen LogP contribution in [0.4, 0.5) is 13.2 Å². The average molecular weight is 305 g/mol. The van der Waals surface area contributed by atoms with Crippen LogP contribution in [0.2, 0.25) is 0 Å². The third kappa shape index (κ3) is 5.83. The Balaban J connectivity index is 2.84. The molecule has 3 nitrogen and oxygen atoms in total. The molecule has 0 saturated heterocycles. The normalized spacial score (nSPS) is 13.0. The zero-order chi connectivity index (χ0) is 15.9. The van der Waals surface area contributed by atoms with Crippen LogP contribution in [0.5, 0.6) is 11.5 Å². The van der Waals surface area contributed by atoms with E-state index in [4.69, 9.17) is 9.47 Å². The van der Waals surface area contributed by atoms with Crippen molar-refractivity contribution in [2.24, 2.45) is 0 Å². The van der Waals surface area contributed by atoms with Crippen LogP contribution in [0.3, 0.4) is 0 Å². The topological polar surface area (TPSA) is 30.5 Å². The van der Waals surface area contributed by atoms with Crippen LogP contribution in [-0.2, 0) is 0 Å². The van der Waals surface area contributed by atoms with Crippen molar-refractivity contribution in [1.82, 2.24) is 5.32 Å².